The monoisotopic (exact) mass is 214 g/mol. The molecule has 0 aliphatic rings. The first-order chi connectivity index (χ1) is 7.02. The minimum atomic E-state index is -0.369. The zero-order chi connectivity index (χ0) is 11.8. The number of rotatable bonds is 5. The Bertz CT molecular complexity index is 255. The standard InChI is InChI=1S/C11H18O4/c1-5-15-11(13)9(3)7-6-8(2)10(12)14-4/h6,9H,5,7H2,1-4H3/b8-6+. The molecule has 0 bridgehead atoms. The normalized spacial score (nSPS) is 13.2. The van der Waals surface area contributed by atoms with Gasteiger partial charge in [-0.2, -0.15) is 0 Å². The molecule has 0 spiro atoms. The lowest BCUT2D eigenvalue weighted by Gasteiger charge is -2.07. The van der Waals surface area contributed by atoms with Crippen molar-refractivity contribution >= 4 is 11.9 Å². The Morgan fingerprint density at radius 2 is 2.00 bits per heavy atom. The molecule has 0 aliphatic carbocycles. The van der Waals surface area contributed by atoms with Crippen molar-refractivity contribution in [1.29, 1.82) is 0 Å². The molecule has 4 nitrogen and oxygen atoms in total. The van der Waals surface area contributed by atoms with Crippen LogP contribution in [-0.2, 0) is 19.1 Å². The lowest BCUT2D eigenvalue weighted by molar-refractivity contribution is -0.147. The first-order valence-electron chi connectivity index (χ1n) is 4.94. The van der Waals surface area contributed by atoms with Gasteiger partial charge in [-0.25, -0.2) is 4.79 Å². The van der Waals surface area contributed by atoms with Gasteiger partial charge < -0.3 is 9.47 Å². The van der Waals surface area contributed by atoms with Crippen molar-refractivity contribution in [3.63, 3.8) is 0 Å². The molecule has 0 fully saturated rings. The van der Waals surface area contributed by atoms with Crippen LogP contribution in [0.15, 0.2) is 11.6 Å². The molecular weight excluding hydrogens is 196 g/mol. The van der Waals surface area contributed by atoms with Gasteiger partial charge in [0.05, 0.1) is 19.6 Å². The van der Waals surface area contributed by atoms with Crippen molar-refractivity contribution in [1.82, 2.24) is 0 Å². The zero-order valence-corrected chi connectivity index (χ0v) is 9.70. The van der Waals surface area contributed by atoms with Gasteiger partial charge in [-0.15, -0.1) is 0 Å². The maximum atomic E-state index is 11.2. The van der Waals surface area contributed by atoms with Gasteiger partial charge in [-0.05, 0) is 20.3 Å². The second-order valence-corrected chi connectivity index (χ2v) is 3.27. The highest BCUT2D eigenvalue weighted by atomic mass is 16.5. The largest absolute Gasteiger partial charge is 0.466 e. The van der Waals surface area contributed by atoms with E-state index in [-0.39, 0.29) is 17.9 Å². The predicted octanol–water partition coefficient (Wildman–Crippen LogP) is 1.70. The van der Waals surface area contributed by atoms with Gasteiger partial charge in [-0.1, -0.05) is 13.0 Å². The topological polar surface area (TPSA) is 52.6 Å². The van der Waals surface area contributed by atoms with Crippen molar-refractivity contribution in [3.8, 4) is 0 Å². The van der Waals surface area contributed by atoms with Gasteiger partial charge in [0.2, 0.25) is 0 Å². The summed E-state index contributed by atoms with van der Waals surface area (Å²) in [7, 11) is 1.33. The molecule has 0 rings (SSSR count). The van der Waals surface area contributed by atoms with E-state index in [1.165, 1.54) is 7.11 Å². The summed E-state index contributed by atoms with van der Waals surface area (Å²) in [5.41, 5.74) is 0.508. The number of methoxy groups -OCH3 is 1. The number of hydrogen-bond donors (Lipinski definition) is 0. The smallest absolute Gasteiger partial charge is 0.333 e. The van der Waals surface area contributed by atoms with Crippen molar-refractivity contribution in [2.24, 2.45) is 5.92 Å². The summed E-state index contributed by atoms with van der Waals surface area (Å²) in [6.07, 6.45) is 2.17. The maximum absolute atomic E-state index is 11.2. The molecule has 0 saturated carbocycles. The van der Waals surface area contributed by atoms with Gasteiger partial charge in [-0.3, -0.25) is 4.79 Å². The van der Waals surface area contributed by atoms with Crippen LogP contribution >= 0.6 is 0 Å². The first kappa shape index (κ1) is 13.7. The molecule has 0 aliphatic heterocycles. The van der Waals surface area contributed by atoms with Crippen LogP contribution < -0.4 is 0 Å². The van der Waals surface area contributed by atoms with E-state index in [1.807, 2.05) is 0 Å². The Hall–Kier alpha value is -1.32. The van der Waals surface area contributed by atoms with Gasteiger partial charge in [0.25, 0.3) is 0 Å². The van der Waals surface area contributed by atoms with Gasteiger partial charge in [0.1, 0.15) is 0 Å². The van der Waals surface area contributed by atoms with E-state index in [0.717, 1.165) is 0 Å². The molecule has 1 atom stereocenters. The zero-order valence-electron chi connectivity index (χ0n) is 9.70. The molecule has 0 N–H and O–H groups in total. The molecule has 0 amide bonds. The van der Waals surface area contributed by atoms with Crippen LogP contribution in [0.5, 0.6) is 0 Å². The Kier molecular flexibility index (Phi) is 6.42. The van der Waals surface area contributed by atoms with E-state index in [4.69, 9.17) is 4.74 Å². The van der Waals surface area contributed by atoms with Crippen LogP contribution in [0.25, 0.3) is 0 Å². The maximum Gasteiger partial charge on any atom is 0.333 e. The van der Waals surface area contributed by atoms with Crippen molar-refractivity contribution in [2.45, 2.75) is 27.2 Å². The van der Waals surface area contributed by atoms with Gasteiger partial charge in [0.15, 0.2) is 0 Å². The summed E-state index contributed by atoms with van der Waals surface area (Å²) in [5.74, 6) is -0.845. The summed E-state index contributed by atoms with van der Waals surface area (Å²) in [6, 6.07) is 0. The van der Waals surface area contributed by atoms with Crippen molar-refractivity contribution in [3.05, 3.63) is 11.6 Å². The Labute approximate surface area is 90.2 Å². The molecule has 0 aromatic rings. The number of esters is 2. The van der Waals surface area contributed by atoms with Crippen LogP contribution in [0.2, 0.25) is 0 Å². The number of carbonyl (C=O) groups is 2. The molecule has 86 valence electrons. The fourth-order valence-corrected chi connectivity index (χ4v) is 0.979. The Balaban J connectivity index is 4.13. The second kappa shape index (κ2) is 7.04. The van der Waals surface area contributed by atoms with Crippen LogP contribution in [0.3, 0.4) is 0 Å². The summed E-state index contributed by atoms with van der Waals surface area (Å²) >= 11 is 0. The van der Waals surface area contributed by atoms with E-state index in [2.05, 4.69) is 4.74 Å². The van der Waals surface area contributed by atoms with Gasteiger partial charge >= 0.3 is 11.9 Å². The molecule has 0 saturated heterocycles. The summed E-state index contributed by atoms with van der Waals surface area (Å²) < 4.78 is 9.37. The van der Waals surface area contributed by atoms with Crippen LogP contribution in [-0.4, -0.2) is 25.7 Å². The highest BCUT2D eigenvalue weighted by Gasteiger charge is 2.13. The molecule has 4 heteroatoms. The summed E-state index contributed by atoms with van der Waals surface area (Å²) in [6.45, 7) is 5.56. The lowest BCUT2D eigenvalue weighted by Crippen LogP contribution is -2.14. The third-order valence-corrected chi connectivity index (χ3v) is 1.97. The number of carbonyl (C=O) groups excluding carboxylic acids is 2. The molecular formula is C11H18O4. The van der Waals surface area contributed by atoms with Crippen LogP contribution in [0.4, 0.5) is 0 Å². The number of allylic oxidation sites excluding steroid dienone is 1. The SMILES string of the molecule is CCOC(=O)C(C)C/C=C(\C)C(=O)OC. The predicted molar refractivity (Wildman–Crippen MR) is 56.2 cm³/mol. The third kappa shape index (κ3) is 5.20. The van der Waals surface area contributed by atoms with E-state index >= 15 is 0 Å². The number of ether oxygens (including phenoxy) is 2. The van der Waals surface area contributed by atoms with Crippen LogP contribution in [0.1, 0.15) is 27.2 Å². The summed E-state index contributed by atoms with van der Waals surface area (Å²) in [5, 5.41) is 0. The van der Waals surface area contributed by atoms with E-state index in [1.54, 1.807) is 26.8 Å². The van der Waals surface area contributed by atoms with E-state index in [9.17, 15) is 9.59 Å². The van der Waals surface area contributed by atoms with E-state index in [0.29, 0.717) is 18.6 Å². The summed E-state index contributed by atoms with van der Waals surface area (Å²) in [4.78, 5) is 22.2. The van der Waals surface area contributed by atoms with E-state index < -0.39 is 0 Å². The quantitative estimate of drug-likeness (QED) is 0.516. The van der Waals surface area contributed by atoms with Crippen molar-refractivity contribution < 1.29 is 19.1 Å². The average Bonchev–Trinajstić information content (AvgIpc) is 2.24. The fraction of sp³-hybridized carbons (Fsp3) is 0.636. The molecule has 1 unspecified atom stereocenters. The van der Waals surface area contributed by atoms with Crippen molar-refractivity contribution in [2.75, 3.05) is 13.7 Å². The molecule has 15 heavy (non-hydrogen) atoms. The lowest BCUT2D eigenvalue weighted by atomic mass is 10.1. The highest BCUT2D eigenvalue weighted by Crippen LogP contribution is 2.08. The first-order valence-corrected chi connectivity index (χ1v) is 4.94. The molecule has 0 heterocycles. The molecule has 0 aromatic heterocycles. The second-order valence-electron chi connectivity index (χ2n) is 3.27. The van der Waals surface area contributed by atoms with Crippen LogP contribution in [0, 0.1) is 5.92 Å². The molecule has 0 radical (unpaired) electrons. The fourth-order valence-electron chi connectivity index (χ4n) is 0.979. The Morgan fingerprint density at radius 1 is 1.40 bits per heavy atom. The average molecular weight is 214 g/mol. The highest BCUT2D eigenvalue weighted by molar-refractivity contribution is 5.87. The Morgan fingerprint density at radius 3 is 2.47 bits per heavy atom. The minimum Gasteiger partial charge on any atom is -0.466 e. The van der Waals surface area contributed by atoms with Gasteiger partial charge in [0, 0.05) is 5.57 Å². The third-order valence-electron chi connectivity index (χ3n) is 1.97. The number of hydrogen-bond acceptors (Lipinski definition) is 4. The molecule has 0 aromatic carbocycles. The minimum absolute atomic E-state index is 0.232.